The van der Waals surface area contributed by atoms with Crippen molar-refractivity contribution in [2.45, 2.75) is 12.5 Å². The number of nitrogens with one attached hydrogen (secondary N) is 1. The van der Waals surface area contributed by atoms with Gasteiger partial charge in [0.2, 0.25) is 5.91 Å². The van der Waals surface area contributed by atoms with E-state index in [0.29, 0.717) is 10.6 Å². The van der Waals surface area contributed by atoms with Gasteiger partial charge in [-0.2, -0.15) is 9.78 Å². The summed E-state index contributed by atoms with van der Waals surface area (Å²) >= 11 is 5.92. The van der Waals surface area contributed by atoms with Gasteiger partial charge in [-0.05, 0) is 36.4 Å². The number of nitrogens with two attached hydrogens (primary N) is 1. The van der Waals surface area contributed by atoms with Gasteiger partial charge in [0.05, 0.1) is 24.0 Å². The molecule has 0 aliphatic rings. The monoisotopic (exact) mass is 444 g/mol. The van der Waals surface area contributed by atoms with Crippen molar-refractivity contribution in [2.24, 2.45) is 5.73 Å². The van der Waals surface area contributed by atoms with Crippen molar-refractivity contribution >= 4 is 23.4 Å². The van der Waals surface area contributed by atoms with Gasteiger partial charge in [-0.15, -0.1) is 0 Å². The second-order valence-electron chi connectivity index (χ2n) is 6.67. The Labute approximate surface area is 181 Å². The maximum atomic E-state index is 13.7. The molecule has 1 atom stereocenters. The van der Waals surface area contributed by atoms with E-state index in [0.717, 1.165) is 10.7 Å². The number of carbonyl (C=O) groups excluding carboxylic acids is 2. The molecule has 160 valence electrons. The van der Waals surface area contributed by atoms with Crippen LogP contribution in [0.15, 0.2) is 59.4 Å². The van der Waals surface area contributed by atoms with Crippen molar-refractivity contribution in [2.75, 3.05) is 6.61 Å². The molecule has 8 nitrogen and oxygen atoms in total. The van der Waals surface area contributed by atoms with Gasteiger partial charge >= 0.3 is 0 Å². The number of rotatable bonds is 7. The molecule has 0 aliphatic heterocycles. The van der Waals surface area contributed by atoms with Crippen LogP contribution in [0.3, 0.4) is 0 Å². The molecule has 0 fully saturated rings. The Bertz CT molecular complexity index is 1180. The van der Waals surface area contributed by atoms with Gasteiger partial charge in [0.15, 0.2) is 0 Å². The topological polar surface area (TPSA) is 127 Å². The minimum atomic E-state index is -0.973. The fraction of sp³-hybridized carbons (Fsp3) is 0.143. The summed E-state index contributed by atoms with van der Waals surface area (Å²) in [5.41, 5.74) is 4.92. The molecule has 1 unspecified atom stereocenters. The summed E-state index contributed by atoms with van der Waals surface area (Å²) in [6.45, 7) is -0.554. The highest BCUT2D eigenvalue weighted by Gasteiger charge is 2.21. The van der Waals surface area contributed by atoms with Crippen molar-refractivity contribution in [1.29, 1.82) is 0 Å². The van der Waals surface area contributed by atoms with E-state index in [9.17, 15) is 23.9 Å². The number of primary amides is 1. The number of aliphatic hydroxyl groups excluding tert-OH is 1. The third-order valence-corrected chi connectivity index (χ3v) is 4.60. The molecule has 0 saturated carbocycles. The summed E-state index contributed by atoms with van der Waals surface area (Å²) in [5.74, 6) is -2.16. The fourth-order valence-electron chi connectivity index (χ4n) is 2.87. The quantitative estimate of drug-likeness (QED) is 0.510. The highest BCUT2D eigenvalue weighted by molar-refractivity contribution is 6.30. The number of amides is 2. The van der Waals surface area contributed by atoms with E-state index in [1.54, 1.807) is 24.3 Å². The van der Waals surface area contributed by atoms with Gasteiger partial charge < -0.3 is 16.2 Å². The average Bonchev–Trinajstić information content (AvgIpc) is 2.73. The highest BCUT2D eigenvalue weighted by atomic mass is 35.5. The molecule has 0 saturated heterocycles. The molecule has 31 heavy (non-hydrogen) atoms. The van der Waals surface area contributed by atoms with Gasteiger partial charge in [-0.25, -0.2) is 4.39 Å². The van der Waals surface area contributed by atoms with Gasteiger partial charge in [0, 0.05) is 17.0 Å². The summed E-state index contributed by atoms with van der Waals surface area (Å²) in [6, 6.07) is 12.0. The van der Waals surface area contributed by atoms with Crippen LogP contribution < -0.4 is 16.6 Å². The number of hydrogen-bond donors (Lipinski definition) is 3. The Balaban J connectivity index is 2.13. The lowest BCUT2D eigenvalue weighted by Crippen LogP contribution is -2.43. The molecule has 10 heteroatoms. The normalized spacial score (nSPS) is 11.7. The predicted octanol–water partition coefficient (Wildman–Crippen LogP) is 1.66. The molecule has 3 aromatic rings. The van der Waals surface area contributed by atoms with Gasteiger partial charge in [0.25, 0.3) is 11.5 Å². The van der Waals surface area contributed by atoms with Crippen molar-refractivity contribution in [3.05, 3.63) is 81.4 Å². The first-order valence-electron chi connectivity index (χ1n) is 9.14. The lowest BCUT2D eigenvalue weighted by atomic mass is 10.1. The third-order valence-electron chi connectivity index (χ3n) is 4.35. The van der Waals surface area contributed by atoms with Gasteiger partial charge in [0.1, 0.15) is 11.4 Å². The number of aromatic nitrogens is 2. The van der Waals surface area contributed by atoms with E-state index >= 15 is 0 Å². The lowest BCUT2D eigenvalue weighted by molar-refractivity contribution is -0.118. The summed E-state index contributed by atoms with van der Waals surface area (Å²) in [6.07, 6.45) is -0.310. The van der Waals surface area contributed by atoms with Crippen LogP contribution >= 0.6 is 11.6 Å². The molecule has 3 rings (SSSR count). The molecule has 0 aliphatic carbocycles. The van der Waals surface area contributed by atoms with Crippen LogP contribution in [0.1, 0.15) is 16.8 Å². The molecule has 2 amide bonds. The first-order chi connectivity index (χ1) is 14.8. The van der Waals surface area contributed by atoms with Crippen LogP contribution in [0.4, 0.5) is 4.39 Å². The zero-order chi connectivity index (χ0) is 22.5. The summed E-state index contributed by atoms with van der Waals surface area (Å²) in [5, 5.41) is 16.5. The molecule has 1 heterocycles. The fourth-order valence-corrected chi connectivity index (χ4v) is 3.00. The number of aliphatic hydroxyl groups is 1. The molecular formula is C21H18ClFN4O4. The molecule has 0 spiro atoms. The minimum Gasteiger partial charge on any atom is -0.394 e. The van der Waals surface area contributed by atoms with Crippen LogP contribution in [0.25, 0.3) is 16.9 Å². The first-order valence-corrected chi connectivity index (χ1v) is 9.52. The second kappa shape index (κ2) is 9.50. The number of hydrogen-bond acceptors (Lipinski definition) is 5. The molecule has 0 radical (unpaired) electrons. The average molecular weight is 445 g/mol. The Morgan fingerprint density at radius 2 is 1.90 bits per heavy atom. The van der Waals surface area contributed by atoms with Crippen LogP contribution in [-0.4, -0.2) is 39.4 Å². The van der Waals surface area contributed by atoms with Crippen LogP contribution in [0.2, 0.25) is 5.02 Å². The molecule has 2 aromatic carbocycles. The summed E-state index contributed by atoms with van der Waals surface area (Å²) in [4.78, 5) is 36.9. The largest absolute Gasteiger partial charge is 0.394 e. The molecule has 1 aromatic heterocycles. The third kappa shape index (κ3) is 5.33. The van der Waals surface area contributed by atoms with E-state index in [-0.39, 0.29) is 23.4 Å². The number of benzene rings is 2. The highest BCUT2D eigenvalue weighted by Crippen LogP contribution is 2.20. The number of carbonyl (C=O) groups is 2. The zero-order valence-corrected chi connectivity index (χ0v) is 16.8. The van der Waals surface area contributed by atoms with E-state index < -0.39 is 35.8 Å². The predicted molar refractivity (Wildman–Crippen MR) is 112 cm³/mol. The lowest BCUT2D eigenvalue weighted by Gasteiger charge is -2.16. The Hall–Kier alpha value is -3.56. The van der Waals surface area contributed by atoms with Crippen LogP contribution in [-0.2, 0) is 4.79 Å². The van der Waals surface area contributed by atoms with Crippen molar-refractivity contribution in [3.63, 3.8) is 0 Å². The smallest absolute Gasteiger partial charge is 0.284 e. The van der Waals surface area contributed by atoms with E-state index in [2.05, 4.69) is 10.4 Å². The van der Waals surface area contributed by atoms with Crippen molar-refractivity contribution in [1.82, 2.24) is 15.1 Å². The Kier molecular flexibility index (Phi) is 6.78. The van der Waals surface area contributed by atoms with Crippen LogP contribution in [0, 0.1) is 5.82 Å². The summed E-state index contributed by atoms with van der Waals surface area (Å²) < 4.78 is 14.6. The number of nitrogens with zero attached hydrogens (tertiary/aromatic N) is 2. The van der Waals surface area contributed by atoms with E-state index in [1.165, 1.54) is 24.3 Å². The maximum absolute atomic E-state index is 13.7. The molecule has 4 N–H and O–H groups in total. The SMILES string of the molecule is NC(=O)CC(CO)NC(=O)c1cc(-c2ccc(Cl)cc2)nn(-c2cccc(F)c2)c1=O. The van der Waals surface area contributed by atoms with Crippen molar-refractivity contribution < 1.29 is 19.1 Å². The molecule has 0 bridgehead atoms. The summed E-state index contributed by atoms with van der Waals surface area (Å²) in [7, 11) is 0. The Morgan fingerprint density at radius 1 is 1.19 bits per heavy atom. The van der Waals surface area contributed by atoms with E-state index in [4.69, 9.17) is 17.3 Å². The standard InChI is InChI=1S/C21H18ClFN4O4/c22-13-6-4-12(5-7-13)18-10-17(20(30)25-15(11-28)9-19(24)29)21(31)27(26-18)16-3-1-2-14(23)8-16/h1-8,10,15,28H,9,11H2,(H2,24,29)(H,25,30). The van der Waals surface area contributed by atoms with E-state index in [1.807, 2.05) is 0 Å². The van der Waals surface area contributed by atoms with Gasteiger partial charge in [-0.1, -0.05) is 29.8 Å². The van der Waals surface area contributed by atoms with Crippen molar-refractivity contribution in [3.8, 4) is 16.9 Å². The number of halogens is 2. The van der Waals surface area contributed by atoms with Gasteiger partial charge in [-0.3, -0.25) is 14.4 Å². The second-order valence-corrected chi connectivity index (χ2v) is 7.11. The first kappa shape index (κ1) is 22.1. The maximum Gasteiger partial charge on any atom is 0.284 e. The van der Waals surface area contributed by atoms with Crippen LogP contribution in [0.5, 0.6) is 0 Å². The Morgan fingerprint density at radius 3 is 2.52 bits per heavy atom. The zero-order valence-electron chi connectivity index (χ0n) is 16.1. The molecular weight excluding hydrogens is 427 g/mol. The minimum absolute atomic E-state index is 0.116.